The molecular formula is C16H29F2NO3. The zero-order chi connectivity index (χ0) is 16.0. The number of halogens is 2. The Morgan fingerprint density at radius 1 is 1.18 bits per heavy atom. The standard InChI is InChI=1S/C16H29F2NO3/c1-12(21-10-13-4-8-20-9-5-13)15(19)11-22-14-2-6-16(17,18)7-3-14/h12-15H,2-11,19H2,1H3/t12-,15-/m1/s1. The molecule has 2 N–H and O–H groups in total. The lowest BCUT2D eigenvalue weighted by molar-refractivity contribution is -0.0888. The lowest BCUT2D eigenvalue weighted by Gasteiger charge is -2.30. The van der Waals surface area contributed by atoms with Crippen LogP contribution in [0, 0.1) is 5.92 Å². The molecule has 0 radical (unpaired) electrons. The van der Waals surface area contributed by atoms with Gasteiger partial charge in [-0.1, -0.05) is 0 Å². The van der Waals surface area contributed by atoms with E-state index in [4.69, 9.17) is 19.9 Å². The van der Waals surface area contributed by atoms with Gasteiger partial charge in [-0.05, 0) is 38.5 Å². The van der Waals surface area contributed by atoms with Crippen LogP contribution in [-0.2, 0) is 14.2 Å². The lowest BCUT2D eigenvalue weighted by Crippen LogP contribution is -2.41. The van der Waals surface area contributed by atoms with E-state index in [2.05, 4.69) is 0 Å². The van der Waals surface area contributed by atoms with E-state index in [0.717, 1.165) is 26.1 Å². The molecule has 2 atom stereocenters. The van der Waals surface area contributed by atoms with E-state index in [-0.39, 0.29) is 31.1 Å². The molecule has 2 rings (SSSR count). The summed E-state index contributed by atoms with van der Waals surface area (Å²) in [6.45, 7) is 4.63. The number of hydrogen-bond acceptors (Lipinski definition) is 4. The summed E-state index contributed by atoms with van der Waals surface area (Å²) in [5, 5.41) is 0. The van der Waals surface area contributed by atoms with Crippen molar-refractivity contribution >= 4 is 0 Å². The summed E-state index contributed by atoms with van der Waals surface area (Å²) >= 11 is 0. The fourth-order valence-electron chi connectivity index (χ4n) is 2.89. The van der Waals surface area contributed by atoms with Gasteiger partial charge in [0.25, 0.3) is 0 Å². The summed E-state index contributed by atoms with van der Waals surface area (Å²) in [5.41, 5.74) is 6.08. The smallest absolute Gasteiger partial charge is 0.248 e. The van der Waals surface area contributed by atoms with E-state index in [1.165, 1.54) is 0 Å². The molecular weight excluding hydrogens is 292 g/mol. The zero-order valence-corrected chi connectivity index (χ0v) is 13.4. The number of ether oxygens (including phenoxy) is 3. The summed E-state index contributed by atoms with van der Waals surface area (Å²) in [6.07, 6.45) is 2.56. The van der Waals surface area contributed by atoms with Crippen molar-refractivity contribution in [3.05, 3.63) is 0 Å². The van der Waals surface area contributed by atoms with Crippen LogP contribution in [0.1, 0.15) is 45.4 Å². The highest BCUT2D eigenvalue weighted by atomic mass is 19.3. The van der Waals surface area contributed by atoms with Gasteiger partial charge >= 0.3 is 0 Å². The molecule has 22 heavy (non-hydrogen) atoms. The molecule has 1 aliphatic heterocycles. The van der Waals surface area contributed by atoms with Crippen molar-refractivity contribution in [3.8, 4) is 0 Å². The maximum absolute atomic E-state index is 13.1. The first-order valence-corrected chi connectivity index (χ1v) is 8.40. The molecule has 0 spiro atoms. The van der Waals surface area contributed by atoms with Gasteiger partial charge in [-0.3, -0.25) is 0 Å². The number of hydrogen-bond donors (Lipinski definition) is 1. The first-order valence-electron chi connectivity index (χ1n) is 8.40. The summed E-state index contributed by atoms with van der Waals surface area (Å²) in [5.74, 6) is -1.97. The van der Waals surface area contributed by atoms with Crippen LogP contribution in [0.3, 0.4) is 0 Å². The predicted octanol–water partition coefficient (Wildman–Crippen LogP) is 2.74. The van der Waals surface area contributed by atoms with Crippen LogP contribution in [0.4, 0.5) is 8.78 Å². The van der Waals surface area contributed by atoms with E-state index < -0.39 is 5.92 Å². The van der Waals surface area contributed by atoms with Gasteiger partial charge in [0, 0.05) is 32.7 Å². The van der Waals surface area contributed by atoms with Crippen LogP contribution in [0.2, 0.25) is 0 Å². The van der Waals surface area contributed by atoms with Crippen molar-refractivity contribution in [3.63, 3.8) is 0 Å². The van der Waals surface area contributed by atoms with Crippen molar-refractivity contribution in [1.29, 1.82) is 0 Å². The van der Waals surface area contributed by atoms with Gasteiger partial charge in [0.1, 0.15) is 0 Å². The van der Waals surface area contributed by atoms with Crippen molar-refractivity contribution in [2.24, 2.45) is 11.7 Å². The summed E-state index contributed by atoms with van der Waals surface area (Å²) < 4.78 is 43.0. The molecule has 130 valence electrons. The lowest BCUT2D eigenvalue weighted by atomic mass is 9.94. The number of alkyl halides is 2. The quantitative estimate of drug-likeness (QED) is 0.783. The van der Waals surface area contributed by atoms with Crippen LogP contribution in [0.5, 0.6) is 0 Å². The monoisotopic (exact) mass is 321 g/mol. The normalized spacial score (nSPS) is 26.7. The Bertz CT molecular complexity index is 315. The van der Waals surface area contributed by atoms with Gasteiger partial charge in [0.2, 0.25) is 5.92 Å². The van der Waals surface area contributed by atoms with Crippen molar-refractivity contribution in [2.75, 3.05) is 26.4 Å². The Morgan fingerprint density at radius 3 is 2.45 bits per heavy atom. The Balaban J connectivity index is 1.58. The third kappa shape index (κ3) is 6.07. The van der Waals surface area contributed by atoms with Gasteiger partial charge in [-0.2, -0.15) is 0 Å². The first kappa shape index (κ1) is 18.0. The molecule has 1 saturated carbocycles. The minimum absolute atomic E-state index is 0.0806. The highest BCUT2D eigenvalue weighted by molar-refractivity contribution is 4.79. The minimum atomic E-state index is -2.51. The molecule has 2 aliphatic rings. The summed E-state index contributed by atoms with van der Waals surface area (Å²) in [4.78, 5) is 0. The third-order valence-corrected chi connectivity index (χ3v) is 4.73. The summed E-state index contributed by atoms with van der Waals surface area (Å²) in [6, 6.07) is -0.220. The van der Waals surface area contributed by atoms with Gasteiger partial charge < -0.3 is 19.9 Å². The minimum Gasteiger partial charge on any atom is -0.381 e. The molecule has 0 amide bonds. The molecule has 0 unspecified atom stereocenters. The van der Waals surface area contributed by atoms with E-state index in [1.807, 2.05) is 6.92 Å². The second kappa shape index (κ2) is 8.52. The fraction of sp³-hybridized carbons (Fsp3) is 1.00. The molecule has 0 bridgehead atoms. The molecule has 1 aliphatic carbocycles. The van der Waals surface area contributed by atoms with Crippen LogP contribution >= 0.6 is 0 Å². The molecule has 1 heterocycles. The fourth-order valence-corrected chi connectivity index (χ4v) is 2.89. The van der Waals surface area contributed by atoms with Crippen molar-refractivity contribution in [1.82, 2.24) is 0 Å². The Labute approximate surface area is 131 Å². The highest BCUT2D eigenvalue weighted by Crippen LogP contribution is 2.34. The van der Waals surface area contributed by atoms with E-state index >= 15 is 0 Å². The molecule has 2 fully saturated rings. The molecule has 0 aromatic carbocycles. The summed E-state index contributed by atoms with van der Waals surface area (Å²) in [7, 11) is 0. The van der Waals surface area contributed by atoms with Crippen LogP contribution in [0.25, 0.3) is 0 Å². The highest BCUT2D eigenvalue weighted by Gasteiger charge is 2.35. The second-order valence-corrected chi connectivity index (χ2v) is 6.65. The van der Waals surface area contributed by atoms with E-state index in [1.54, 1.807) is 0 Å². The average Bonchev–Trinajstić information content (AvgIpc) is 2.52. The Hall–Kier alpha value is -0.300. The Morgan fingerprint density at radius 2 is 1.82 bits per heavy atom. The third-order valence-electron chi connectivity index (χ3n) is 4.73. The maximum Gasteiger partial charge on any atom is 0.248 e. The average molecular weight is 321 g/mol. The molecule has 0 aromatic rings. The van der Waals surface area contributed by atoms with Crippen molar-refractivity contribution in [2.45, 2.75) is 69.6 Å². The molecule has 0 aromatic heterocycles. The maximum atomic E-state index is 13.1. The van der Waals surface area contributed by atoms with Crippen molar-refractivity contribution < 1.29 is 23.0 Å². The topological polar surface area (TPSA) is 53.7 Å². The van der Waals surface area contributed by atoms with Crippen LogP contribution < -0.4 is 5.73 Å². The number of nitrogens with two attached hydrogens (primary N) is 1. The van der Waals surface area contributed by atoms with E-state index in [9.17, 15) is 8.78 Å². The van der Waals surface area contributed by atoms with Gasteiger partial charge in [-0.25, -0.2) is 8.78 Å². The SMILES string of the molecule is C[C@@H](OCC1CCOCC1)[C@H](N)COC1CCC(F)(F)CC1. The largest absolute Gasteiger partial charge is 0.381 e. The second-order valence-electron chi connectivity index (χ2n) is 6.65. The Kier molecular flexibility index (Phi) is 6.99. The molecule has 4 nitrogen and oxygen atoms in total. The molecule has 1 saturated heterocycles. The van der Waals surface area contributed by atoms with Gasteiger partial charge in [-0.15, -0.1) is 0 Å². The van der Waals surface area contributed by atoms with Crippen LogP contribution in [-0.4, -0.2) is 50.6 Å². The van der Waals surface area contributed by atoms with Gasteiger partial charge in [0.15, 0.2) is 0 Å². The number of rotatable bonds is 7. The zero-order valence-electron chi connectivity index (χ0n) is 13.4. The predicted molar refractivity (Wildman–Crippen MR) is 80.1 cm³/mol. The first-order chi connectivity index (χ1) is 10.5. The molecule has 6 heteroatoms. The van der Waals surface area contributed by atoms with Crippen LogP contribution in [0.15, 0.2) is 0 Å². The van der Waals surface area contributed by atoms with E-state index in [0.29, 0.717) is 32.0 Å². The van der Waals surface area contributed by atoms with Gasteiger partial charge in [0.05, 0.1) is 24.9 Å².